The van der Waals surface area contributed by atoms with Gasteiger partial charge in [0.1, 0.15) is 5.75 Å². The number of phenols is 1. The van der Waals surface area contributed by atoms with Crippen molar-refractivity contribution in [3.8, 4) is 5.75 Å². The van der Waals surface area contributed by atoms with Crippen LogP contribution in [0.4, 0.5) is 5.69 Å². The van der Waals surface area contributed by atoms with Crippen LogP contribution in [-0.4, -0.2) is 15.3 Å². The Hall–Kier alpha value is -1.68. The van der Waals surface area contributed by atoms with Crippen molar-refractivity contribution in [2.24, 2.45) is 0 Å². The first-order valence-electron chi connectivity index (χ1n) is 5.30. The van der Waals surface area contributed by atoms with Gasteiger partial charge in [-0.3, -0.25) is 5.10 Å². The van der Waals surface area contributed by atoms with Crippen molar-refractivity contribution in [3.05, 3.63) is 40.2 Å². The van der Waals surface area contributed by atoms with Gasteiger partial charge in [-0.1, -0.05) is 11.6 Å². The van der Waals surface area contributed by atoms with Crippen molar-refractivity contribution < 1.29 is 5.11 Å². The molecule has 5 heteroatoms. The lowest BCUT2D eigenvalue weighted by Crippen LogP contribution is -2.01. The number of rotatable bonds is 3. The van der Waals surface area contributed by atoms with E-state index in [0.29, 0.717) is 11.6 Å². The highest BCUT2D eigenvalue weighted by atomic mass is 35.5. The highest BCUT2D eigenvalue weighted by Gasteiger charge is 2.06. The van der Waals surface area contributed by atoms with Crippen molar-refractivity contribution in [3.63, 3.8) is 0 Å². The van der Waals surface area contributed by atoms with Gasteiger partial charge in [-0.2, -0.15) is 5.10 Å². The van der Waals surface area contributed by atoms with Crippen LogP contribution in [0.15, 0.2) is 18.2 Å². The van der Waals surface area contributed by atoms with E-state index < -0.39 is 0 Å². The average Bonchev–Trinajstić information content (AvgIpc) is 2.61. The van der Waals surface area contributed by atoms with Crippen LogP contribution in [0.2, 0.25) is 5.02 Å². The topological polar surface area (TPSA) is 60.9 Å². The second-order valence-corrected chi connectivity index (χ2v) is 4.34. The lowest BCUT2D eigenvalue weighted by Gasteiger charge is -2.07. The normalized spacial score (nSPS) is 10.5. The van der Waals surface area contributed by atoms with E-state index in [9.17, 15) is 5.11 Å². The zero-order chi connectivity index (χ0) is 12.4. The molecule has 0 bridgehead atoms. The predicted molar refractivity (Wildman–Crippen MR) is 68.5 cm³/mol. The molecule has 1 aromatic heterocycles. The summed E-state index contributed by atoms with van der Waals surface area (Å²) in [7, 11) is 0. The number of aromatic nitrogens is 2. The third-order valence-electron chi connectivity index (χ3n) is 2.70. The van der Waals surface area contributed by atoms with E-state index >= 15 is 0 Å². The Kier molecular flexibility index (Phi) is 3.24. The summed E-state index contributed by atoms with van der Waals surface area (Å²) in [5.74, 6) is 0.0906. The molecule has 0 spiro atoms. The number of phenolic OH excluding ortho intramolecular Hbond substituents is 1. The number of anilines is 1. The molecule has 1 aromatic carbocycles. The molecule has 0 aliphatic carbocycles. The van der Waals surface area contributed by atoms with Crippen LogP contribution in [0.1, 0.15) is 17.0 Å². The maximum atomic E-state index is 9.31. The van der Waals surface area contributed by atoms with E-state index in [1.54, 1.807) is 18.2 Å². The summed E-state index contributed by atoms with van der Waals surface area (Å²) >= 11 is 5.83. The molecule has 2 aromatic rings. The first kappa shape index (κ1) is 11.8. The van der Waals surface area contributed by atoms with Crippen molar-refractivity contribution in [2.45, 2.75) is 20.4 Å². The van der Waals surface area contributed by atoms with E-state index in [1.807, 2.05) is 13.8 Å². The molecule has 0 atom stereocenters. The number of benzene rings is 1. The van der Waals surface area contributed by atoms with Crippen LogP contribution in [0.25, 0.3) is 0 Å². The van der Waals surface area contributed by atoms with Crippen molar-refractivity contribution in [2.75, 3.05) is 5.32 Å². The summed E-state index contributed by atoms with van der Waals surface area (Å²) in [4.78, 5) is 0. The molecule has 2 rings (SSSR count). The first-order chi connectivity index (χ1) is 8.08. The van der Waals surface area contributed by atoms with Crippen molar-refractivity contribution >= 4 is 17.3 Å². The number of H-pyrrole nitrogens is 1. The van der Waals surface area contributed by atoms with Crippen LogP contribution in [-0.2, 0) is 6.54 Å². The van der Waals surface area contributed by atoms with Gasteiger partial charge in [0.2, 0.25) is 0 Å². The minimum atomic E-state index is 0.0906. The number of hydrogen-bond donors (Lipinski definition) is 3. The summed E-state index contributed by atoms with van der Waals surface area (Å²) in [6.07, 6.45) is 0. The Morgan fingerprint density at radius 3 is 2.76 bits per heavy atom. The molecule has 0 saturated carbocycles. The number of aromatic hydroxyl groups is 1. The summed E-state index contributed by atoms with van der Waals surface area (Å²) in [5.41, 5.74) is 4.06. The lowest BCUT2D eigenvalue weighted by atomic mass is 10.2. The fourth-order valence-corrected chi connectivity index (χ4v) is 1.82. The van der Waals surface area contributed by atoms with Crippen LogP contribution in [0.5, 0.6) is 5.75 Å². The van der Waals surface area contributed by atoms with E-state index in [1.165, 1.54) is 0 Å². The number of hydrogen-bond acceptors (Lipinski definition) is 3. The molecule has 0 fully saturated rings. The van der Waals surface area contributed by atoms with E-state index in [4.69, 9.17) is 11.6 Å². The number of nitrogens with zero attached hydrogens (tertiary/aromatic N) is 1. The van der Waals surface area contributed by atoms with Gasteiger partial charge >= 0.3 is 0 Å². The van der Waals surface area contributed by atoms with Gasteiger partial charge in [-0.15, -0.1) is 0 Å². The molecule has 17 heavy (non-hydrogen) atoms. The van der Waals surface area contributed by atoms with Gasteiger partial charge in [0, 0.05) is 23.5 Å². The van der Waals surface area contributed by atoms with Crippen LogP contribution >= 0.6 is 11.6 Å². The van der Waals surface area contributed by atoms with Crippen molar-refractivity contribution in [1.29, 1.82) is 0 Å². The maximum absolute atomic E-state index is 9.31. The minimum Gasteiger partial charge on any atom is -0.506 e. The molecule has 0 unspecified atom stereocenters. The van der Waals surface area contributed by atoms with Crippen LogP contribution in [0, 0.1) is 13.8 Å². The molecule has 0 saturated heterocycles. The molecule has 0 radical (unpaired) electrons. The standard InChI is InChI=1S/C12H14ClN3O/c1-7-10(8(2)16-15-7)6-14-9-3-4-12(17)11(13)5-9/h3-5,14,17H,6H2,1-2H3,(H,15,16). The summed E-state index contributed by atoms with van der Waals surface area (Å²) < 4.78 is 0. The second-order valence-electron chi connectivity index (χ2n) is 3.93. The monoisotopic (exact) mass is 251 g/mol. The Morgan fingerprint density at radius 2 is 2.18 bits per heavy atom. The quantitative estimate of drug-likeness (QED) is 0.735. The van der Waals surface area contributed by atoms with Gasteiger partial charge in [0.25, 0.3) is 0 Å². The van der Waals surface area contributed by atoms with Gasteiger partial charge < -0.3 is 10.4 Å². The van der Waals surface area contributed by atoms with Gasteiger partial charge in [-0.05, 0) is 32.0 Å². The third kappa shape index (κ3) is 2.53. The van der Waals surface area contributed by atoms with Gasteiger partial charge in [0.15, 0.2) is 0 Å². The Morgan fingerprint density at radius 1 is 1.41 bits per heavy atom. The van der Waals surface area contributed by atoms with Crippen LogP contribution in [0.3, 0.4) is 0 Å². The average molecular weight is 252 g/mol. The number of aromatic amines is 1. The first-order valence-corrected chi connectivity index (χ1v) is 5.68. The van der Waals surface area contributed by atoms with E-state index in [-0.39, 0.29) is 5.75 Å². The molecule has 0 aliphatic heterocycles. The van der Waals surface area contributed by atoms with Gasteiger partial charge in [0.05, 0.1) is 10.7 Å². The Balaban J connectivity index is 2.10. The number of aryl methyl sites for hydroxylation is 2. The molecule has 3 N–H and O–H groups in total. The van der Waals surface area contributed by atoms with E-state index in [0.717, 1.165) is 22.6 Å². The maximum Gasteiger partial charge on any atom is 0.134 e. The summed E-state index contributed by atoms with van der Waals surface area (Å²) in [5, 5.41) is 20.0. The molecule has 0 aliphatic rings. The SMILES string of the molecule is Cc1n[nH]c(C)c1CNc1ccc(O)c(Cl)c1. The number of halogens is 1. The minimum absolute atomic E-state index is 0.0906. The van der Waals surface area contributed by atoms with Gasteiger partial charge in [-0.25, -0.2) is 0 Å². The van der Waals surface area contributed by atoms with Crippen molar-refractivity contribution in [1.82, 2.24) is 10.2 Å². The Bertz CT molecular complexity index is 517. The summed E-state index contributed by atoms with van der Waals surface area (Å²) in [6, 6.07) is 5.05. The summed E-state index contributed by atoms with van der Waals surface area (Å²) in [6.45, 7) is 4.63. The second kappa shape index (κ2) is 4.67. The molecule has 0 amide bonds. The third-order valence-corrected chi connectivity index (χ3v) is 3.00. The molecular formula is C12H14ClN3O. The molecule has 4 nitrogen and oxygen atoms in total. The zero-order valence-electron chi connectivity index (χ0n) is 9.71. The fraction of sp³-hybridized carbons (Fsp3) is 0.250. The highest BCUT2D eigenvalue weighted by Crippen LogP contribution is 2.26. The smallest absolute Gasteiger partial charge is 0.134 e. The lowest BCUT2D eigenvalue weighted by molar-refractivity contribution is 0.475. The molecule has 90 valence electrons. The number of nitrogens with one attached hydrogen (secondary N) is 2. The molecule has 1 heterocycles. The Labute approximate surface area is 105 Å². The van der Waals surface area contributed by atoms with E-state index in [2.05, 4.69) is 15.5 Å². The largest absolute Gasteiger partial charge is 0.506 e. The zero-order valence-corrected chi connectivity index (χ0v) is 10.5. The predicted octanol–water partition coefficient (Wildman–Crippen LogP) is 3.00. The highest BCUT2D eigenvalue weighted by molar-refractivity contribution is 6.32. The fourth-order valence-electron chi connectivity index (χ4n) is 1.64. The molecular weight excluding hydrogens is 238 g/mol. The van der Waals surface area contributed by atoms with Crippen LogP contribution < -0.4 is 5.32 Å².